The summed E-state index contributed by atoms with van der Waals surface area (Å²) in [4.78, 5) is 12.1. The first-order valence-corrected chi connectivity index (χ1v) is 6.46. The van der Waals surface area contributed by atoms with Crippen molar-refractivity contribution < 1.29 is 9.53 Å². The van der Waals surface area contributed by atoms with Gasteiger partial charge in [-0.2, -0.15) is 0 Å². The van der Waals surface area contributed by atoms with Crippen LogP contribution in [-0.2, 0) is 9.53 Å². The van der Waals surface area contributed by atoms with Crippen LogP contribution in [0.3, 0.4) is 0 Å². The van der Waals surface area contributed by atoms with Gasteiger partial charge < -0.3 is 15.8 Å². The van der Waals surface area contributed by atoms with Crippen molar-refractivity contribution >= 4 is 5.91 Å². The fourth-order valence-corrected chi connectivity index (χ4v) is 2.27. The van der Waals surface area contributed by atoms with Crippen LogP contribution in [0.15, 0.2) is 0 Å². The molecule has 1 aliphatic rings. The summed E-state index contributed by atoms with van der Waals surface area (Å²) in [5, 5.41) is 2.98. The Bertz CT molecular complexity index is 266. The maximum Gasteiger partial charge on any atom is 0.223 e. The molecule has 1 saturated carbocycles. The number of hydrogen-bond acceptors (Lipinski definition) is 3. The minimum absolute atomic E-state index is 0.0615. The van der Waals surface area contributed by atoms with E-state index in [1.807, 2.05) is 13.8 Å². The van der Waals surface area contributed by atoms with Crippen LogP contribution in [0.25, 0.3) is 0 Å². The Kier molecular flexibility index (Phi) is 4.95. The van der Waals surface area contributed by atoms with E-state index in [-0.39, 0.29) is 29.4 Å². The maximum absolute atomic E-state index is 12.1. The molecule has 0 spiro atoms. The highest BCUT2D eigenvalue weighted by Gasteiger charge is 2.33. The van der Waals surface area contributed by atoms with Gasteiger partial charge in [0.1, 0.15) is 0 Å². The number of methoxy groups -OCH3 is 1. The van der Waals surface area contributed by atoms with E-state index in [0.717, 1.165) is 19.3 Å². The van der Waals surface area contributed by atoms with E-state index in [1.165, 1.54) is 0 Å². The molecule has 0 aromatic heterocycles. The molecule has 0 bridgehead atoms. The highest BCUT2D eigenvalue weighted by Crippen LogP contribution is 2.29. The monoisotopic (exact) mass is 242 g/mol. The molecule has 1 rings (SSSR count). The van der Waals surface area contributed by atoms with E-state index in [4.69, 9.17) is 10.5 Å². The summed E-state index contributed by atoms with van der Waals surface area (Å²) in [5.74, 6) is 0.457. The van der Waals surface area contributed by atoms with Gasteiger partial charge in [-0.25, -0.2) is 0 Å². The lowest BCUT2D eigenvalue weighted by Crippen LogP contribution is -2.47. The molecule has 3 unspecified atom stereocenters. The van der Waals surface area contributed by atoms with Gasteiger partial charge in [0.2, 0.25) is 5.91 Å². The minimum atomic E-state index is -0.310. The van der Waals surface area contributed by atoms with Crippen molar-refractivity contribution in [2.75, 3.05) is 13.7 Å². The number of nitrogens with one attached hydrogen (secondary N) is 1. The molecule has 4 heteroatoms. The lowest BCUT2D eigenvalue weighted by molar-refractivity contribution is -0.129. The lowest BCUT2D eigenvalue weighted by Gasteiger charge is -2.33. The molecule has 100 valence electrons. The average Bonchev–Trinajstić information content (AvgIpc) is 2.30. The van der Waals surface area contributed by atoms with Crippen molar-refractivity contribution in [2.45, 2.75) is 51.7 Å². The van der Waals surface area contributed by atoms with Gasteiger partial charge in [0.15, 0.2) is 0 Å². The van der Waals surface area contributed by atoms with E-state index in [0.29, 0.717) is 6.54 Å². The van der Waals surface area contributed by atoms with Crippen molar-refractivity contribution in [3.05, 3.63) is 0 Å². The highest BCUT2D eigenvalue weighted by molar-refractivity contribution is 5.79. The minimum Gasteiger partial charge on any atom is -0.377 e. The summed E-state index contributed by atoms with van der Waals surface area (Å²) in [6, 6.07) is 0.162. The van der Waals surface area contributed by atoms with Crippen LogP contribution in [0.1, 0.15) is 40.0 Å². The fraction of sp³-hybridized carbons (Fsp3) is 0.923. The Labute approximate surface area is 104 Å². The molecule has 3 atom stereocenters. The third-order valence-electron chi connectivity index (χ3n) is 3.94. The Morgan fingerprint density at radius 3 is 2.71 bits per heavy atom. The van der Waals surface area contributed by atoms with E-state index >= 15 is 0 Å². The second-order valence-electron chi connectivity index (χ2n) is 5.74. The molecule has 1 amide bonds. The predicted molar refractivity (Wildman–Crippen MR) is 68.6 cm³/mol. The number of hydrogen-bond donors (Lipinski definition) is 2. The third-order valence-corrected chi connectivity index (χ3v) is 3.94. The van der Waals surface area contributed by atoms with Crippen LogP contribution in [0.4, 0.5) is 0 Å². The van der Waals surface area contributed by atoms with Crippen molar-refractivity contribution in [3.8, 4) is 0 Å². The molecule has 0 heterocycles. The molecular formula is C13H26N2O2. The van der Waals surface area contributed by atoms with Gasteiger partial charge in [0.25, 0.3) is 0 Å². The second kappa shape index (κ2) is 5.83. The Balaban J connectivity index is 2.47. The molecule has 0 aromatic carbocycles. The molecule has 1 fully saturated rings. The van der Waals surface area contributed by atoms with Crippen LogP contribution < -0.4 is 11.1 Å². The van der Waals surface area contributed by atoms with Gasteiger partial charge >= 0.3 is 0 Å². The predicted octanol–water partition coefficient (Wildman–Crippen LogP) is 1.29. The fourth-order valence-electron chi connectivity index (χ4n) is 2.27. The summed E-state index contributed by atoms with van der Waals surface area (Å²) >= 11 is 0. The molecule has 4 nitrogen and oxygen atoms in total. The number of nitrogens with two attached hydrogens (primary N) is 1. The molecule has 0 saturated heterocycles. The largest absolute Gasteiger partial charge is 0.377 e. The molecule has 0 aromatic rings. The first-order chi connectivity index (χ1) is 7.87. The molecule has 0 aliphatic heterocycles. The van der Waals surface area contributed by atoms with Gasteiger partial charge in [-0.15, -0.1) is 0 Å². The van der Waals surface area contributed by atoms with Crippen molar-refractivity contribution in [3.63, 3.8) is 0 Å². The Hall–Kier alpha value is -0.610. The van der Waals surface area contributed by atoms with Crippen molar-refractivity contribution in [1.82, 2.24) is 5.32 Å². The first-order valence-electron chi connectivity index (χ1n) is 6.46. The third kappa shape index (κ3) is 3.96. The van der Waals surface area contributed by atoms with Gasteiger partial charge in [-0.3, -0.25) is 4.79 Å². The van der Waals surface area contributed by atoms with Crippen LogP contribution in [0.2, 0.25) is 0 Å². The zero-order chi connectivity index (χ0) is 13.1. The second-order valence-corrected chi connectivity index (χ2v) is 5.74. The highest BCUT2D eigenvalue weighted by atomic mass is 16.5. The Morgan fingerprint density at radius 2 is 2.12 bits per heavy atom. The van der Waals surface area contributed by atoms with E-state index < -0.39 is 0 Å². The van der Waals surface area contributed by atoms with E-state index in [1.54, 1.807) is 7.11 Å². The average molecular weight is 242 g/mol. The SMILES string of the molecule is COC(C)(C)CNC(=O)C1CCCC(N)C1C. The van der Waals surface area contributed by atoms with Crippen LogP contribution in [0, 0.1) is 11.8 Å². The number of amides is 1. The number of carbonyl (C=O) groups is 1. The van der Waals surface area contributed by atoms with Gasteiger partial charge in [0, 0.05) is 25.6 Å². The quantitative estimate of drug-likeness (QED) is 0.781. The summed E-state index contributed by atoms with van der Waals surface area (Å²) in [6.45, 7) is 6.54. The lowest BCUT2D eigenvalue weighted by atomic mass is 9.77. The smallest absolute Gasteiger partial charge is 0.223 e. The number of rotatable bonds is 4. The summed E-state index contributed by atoms with van der Waals surface area (Å²) in [6.07, 6.45) is 3.04. The molecule has 1 aliphatic carbocycles. The summed E-state index contributed by atoms with van der Waals surface area (Å²) in [5.41, 5.74) is 5.70. The van der Waals surface area contributed by atoms with E-state index in [9.17, 15) is 4.79 Å². The normalized spacial score (nSPS) is 30.1. The standard InChI is InChI=1S/C13H26N2O2/c1-9-10(6-5-7-11(9)14)12(16)15-8-13(2,3)17-4/h9-11H,5-8,14H2,1-4H3,(H,15,16). The zero-order valence-corrected chi connectivity index (χ0v) is 11.5. The molecule has 0 radical (unpaired) electrons. The number of carbonyl (C=O) groups excluding carboxylic acids is 1. The van der Waals surface area contributed by atoms with Crippen molar-refractivity contribution in [2.24, 2.45) is 17.6 Å². The number of ether oxygens (including phenoxy) is 1. The molecule has 17 heavy (non-hydrogen) atoms. The zero-order valence-electron chi connectivity index (χ0n) is 11.5. The maximum atomic E-state index is 12.1. The van der Waals surface area contributed by atoms with Crippen LogP contribution >= 0.6 is 0 Å². The topological polar surface area (TPSA) is 64.3 Å². The summed E-state index contributed by atoms with van der Waals surface area (Å²) < 4.78 is 5.28. The van der Waals surface area contributed by atoms with Crippen LogP contribution in [-0.4, -0.2) is 31.2 Å². The van der Waals surface area contributed by atoms with Crippen LogP contribution in [0.5, 0.6) is 0 Å². The first kappa shape index (κ1) is 14.5. The van der Waals surface area contributed by atoms with Gasteiger partial charge in [-0.1, -0.05) is 13.3 Å². The van der Waals surface area contributed by atoms with Gasteiger partial charge in [0.05, 0.1) is 5.60 Å². The van der Waals surface area contributed by atoms with E-state index in [2.05, 4.69) is 12.2 Å². The molecule has 3 N–H and O–H groups in total. The summed E-state index contributed by atoms with van der Waals surface area (Å²) in [7, 11) is 1.66. The Morgan fingerprint density at radius 1 is 1.47 bits per heavy atom. The molecular weight excluding hydrogens is 216 g/mol. The van der Waals surface area contributed by atoms with Gasteiger partial charge in [-0.05, 0) is 32.6 Å². The van der Waals surface area contributed by atoms with Crippen molar-refractivity contribution in [1.29, 1.82) is 0 Å².